The highest BCUT2D eigenvalue weighted by Gasteiger charge is 2.46. The molecular formula is C22H35NO3. The summed E-state index contributed by atoms with van der Waals surface area (Å²) in [4.78, 5) is 11.8. The van der Waals surface area contributed by atoms with E-state index in [1.807, 2.05) is 24.3 Å². The van der Waals surface area contributed by atoms with Gasteiger partial charge in [0.2, 0.25) is 0 Å². The van der Waals surface area contributed by atoms with Crippen LogP contribution in [-0.4, -0.2) is 22.7 Å². The Morgan fingerprint density at radius 1 is 1.04 bits per heavy atom. The predicted octanol–water partition coefficient (Wildman–Crippen LogP) is 5.31. The number of hydrogen-bond donors (Lipinski definition) is 3. The van der Waals surface area contributed by atoms with Gasteiger partial charge in [0, 0.05) is 17.8 Å². The summed E-state index contributed by atoms with van der Waals surface area (Å²) < 4.78 is 0. The molecule has 0 bridgehead atoms. The summed E-state index contributed by atoms with van der Waals surface area (Å²) in [5, 5.41) is 23.9. The van der Waals surface area contributed by atoms with E-state index in [-0.39, 0.29) is 6.54 Å². The minimum Gasteiger partial charge on any atom is -0.481 e. The van der Waals surface area contributed by atoms with Gasteiger partial charge in [0.1, 0.15) is 5.60 Å². The topological polar surface area (TPSA) is 69.6 Å². The van der Waals surface area contributed by atoms with E-state index in [1.54, 1.807) is 0 Å². The van der Waals surface area contributed by atoms with E-state index in [4.69, 9.17) is 0 Å². The Balaban J connectivity index is 1.72. The van der Waals surface area contributed by atoms with E-state index in [1.165, 1.54) is 44.9 Å². The first-order valence-electron chi connectivity index (χ1n) is 10.4. The van der Waals surface area contributed by atoms with E-state index >= 15 is 0 Å². The van der Waals surface area contributed by atoms with Crippen LogP contribution in [0.2, 0.25) is 0 Å². The molecule has 1 aromatic carbocycles. The van der Waals surface area contributed by atoms with Gasteiger partial charge >= 0.3 is 5.97 Å². The second-order valence-electron chi connectivity index (χ2n) is 7.68. The van der Waals surface area contributed by atoms with Crippen molar-refractivity contribution < 1.29 is 15.0 Å². The number of unbranched alkanes of at least 4 members (excludes halogenated alkanes) is 9. The maximum Gasteiger partial charge on any atom is 0.309 e. The average molecular weight is 362 g/mol. The van der Waals surface area contributed by atoms with Crippen molar-refractivity contribution in [2.24, 2.45) is 5.92 Å². The fraction of sp³-hybridized carbons (Fsp3) is 0.682. The number of hydrogen-bond acceptors (Lipinski definition) is 3. The Bertz CT molecular complexity index is 560. The molecular weight excluding hydrogens is 326 g/mol. The number of anilines is 1. The maximum absolute atomic E-state index is 11.8. The summed E-state index contributed by atoms with van der Waals surface area (Å²) in [5.41, 5.74) is 0.269. The number of carboxylic acid groups (broad SMARTS) is 1. The monoisotopic (exact) mass is 361 g/mol. The van der Waals surface area contributed by atoms with Crippen molar-refractivity contribution in [2.45, 2.75) is 83.2 Å². The van der Waals surface area contributed by atoms with Gasteiger partial charge in [0.15, 0.2) is 0 Å². The summed E-state index contributed by atoms with van der Waals surface area (Å²) in [7, 11) is 0. The predicted molar refractivity (Wildman–Crippen MR) is 106 cm³/mol. The van der Waals surface area contributed by atoms with Gasteiger partial charge in [-0.2, -0.15) is 0 Å². The summed E-state index contributed by atoms with van der Waals surface area (Å²) in [6, 6.07) is 7.49. The van der Waals surface area contributed by atoms with E-state index in [0.717, 1.165) is 30.5 Å². The first-order valence-corrected chi connectivity index (χ1v) is 10.4. The van der Waals surface area contributed by atoms with E-state index in [0.29, 0.717) is 6.42 Å². The van der Waals surface area contributed by atoms with Crippen molar-refractivity contribution in [1.82, 2.24) is 0 Å². The first-order chi connectivity index (χ1) is 12.6. The molecule has 146 valence electrons. The highest BCUT2D eigenvalue weighted by Crippen LogP contribution is 2.42. The Hall–Kier alpha value is -1.55. The Labute approximate surface area is 158 Å². The van der Waals surface area contributed by atoms with Crippen LogP contribution < -0.4 is 5.32 Å². The summed E-state index contributed by atoms with van der Waals surface area (Å²) >= 11 is 0. The van der Waals surface area contributed by atoms with Crippen molar-refractivity contribution in [2.75, 3.05) is 11.9 Å². The lowest BCUT2D eigenvalue weighted by Gasteiger charge is -2.30. The molecule has 0 aromatic heterocycles. The van der Waals surface area contributed by atoms with Crippen molar-refractivity contribution in [1.29, 1.82) is 0 Å². The zero-order chi connectivity index (χ0) is 18.8. The molecule has 0 radical (unpaired) electrons. The molecule has 2 atom stereocenters. The molecule has 3 N–H and O–H groups in total. The van der Waals surface area contributed by atoms with Crippen LogP contribution in [-0.2, 0) is 10.4 Å². The molecule has 0 saturated carbocycles. The summed E-state index contributed by atoms with van der Waals surface area (Å²) in [5.74, 6) is -1.66. The maximum atomic E-state index is 11.8. The second-order valence-corrected chi connectivity index (χ2v) is 7.68. The molecule has 0 spiro atoms. The molecule has 1 heterocycles. The van der Waals surface area contributed by atoms with Crippen LogP contribution in [0.4, 0.5) is 5.69 Å². The Morgan fingerprint density at radius 3 is 2.23 bits per heavy atom. The number of aliphatic carboxylic acids is 1. The third-order valence-corrected chi connectivity index (χ3v) is 5.66. The molecule has 26 heavy (non-hydrogen) atoms. The number of rotatable bonds is 13. The number of carboxylic acids is 1. The zero-order valence-electron chi connectivity index (χ0n) is 16.2. The largest absolute Gasteiger partial charge is 0.481 e. The number of β-amino-alcohol motifs (C(OH)–C–C–N with tert-alkyl or cyclic N) is 1. The first kappa shape index (κ1) is 20.8. The molecule has 1 aromatic rings. The van der Waals surface area contributed by atoms with Gasteiger partial charge in [0.25, 0.3) is 0 Å². The average Bonchev–Trinajstić information content (AvgIpc) is 2.97. The fourth-order valence-electron chi connectivity index (χ4n) is 4.05. The van der Waals surface area contributed by atoms with Crippen molar-refractivity contribution in [3.8, 4) is 0 Å². The van der Waals surface area contributed by atoms with Crippen molar-refractivity contribution in [3.05, 3.63) is 29.8 Å². The molecule has 0 aliphatic carbocycles. The van der Waals surface area contributed by atoms with Crippen molar-refractivity contribution in [3.63, 3.8) is 0 Å². The lowest BCUT2D eigenvalue weighted by atomic mass is 9.79. The van der Waals surface area contributed by atoms with Crippen LogP contribution in [0.3, 0.4) is 0 Å². The van der Waals surface area contributed by atoms with Crippen LogP contribution in [0.25, 0.3) is 0 Å². The highest BCUT2D eigenvalue weighted by atomic mass is 16.4. The van der Waals surface area contributed by atoms with Gasteiger partial charge in [-0.3, -0.25) is 4.79 Å². The molecule has 4 heteroatoms. The quantitative estimate of drug-likeness (QED) is 0.416. The molecule has 0 amide bonds. The Kier molecular flexibility index (Phi) is 8.43. The van der Waals surface area contributed by atoms with E-state index in [2.05, 4.69) is 12.2 Å². The lowest BCUT2D eigenvalue weighted by molar-refractivity contribution is -0.152. The van der Waals surface area contributed by atoms with Gasteiger partial charge < -0.3 is 15.5 Å². The molecule has 0 fully saturated rings. The molecule has 2 unspecified atom stereocenters. The smallest absolute Gasteiger partial charge is 0.309 e. The fourth-order valence-corrected chi connectivity index (χ4v) is 4.05. The van der Waals surface area contributed by atoms with Crippen LogP contribution in [0.5, 0.6) is 0 Å². The third-order valence-electron chi connectivity index (χ3n) is 5.66. The zero-order valence-corrected chi connectivity index (χ0v) is 16.2. The molecule has 1 aliphatic heterocycles. The van der Waals surface area contributed by atoms with Crippen molar-refractivity contribution >= 4 is 11.7 Å². The molecule has 0 saturated heterocycles. The van der Waals surface area contributed by atoms with Gasteiger partial charge in [-0.25, -0.2) is 0 Å². The normalized spacial score (nSPS) is 19.8. The van der Waals surface area contributed by atoms with Gasteiger partial charge in [0.05, 0.1) is 5.92 Å². The lowest BCUT2D eigenvalue weighted by Crippen LogP contribution is -2.41. The Morgan fingerprint density at radius 2 is 1.62 bits per heavy atom. The van der Waals surface area contributed by atoms with E-state index < -0.39 is 17.5 Å². The number of aliphatic hydroxyl groups is 1. The number of para-hydroxylation sites is 1. The standard InChI is InChI=1S/C22H35NO3/c1-2-3-4-5-6-7-8-9-10-11-15-19(21(24)25)22(26)17-23-20-16-13-12-14-18(20)22/h12-14,16,19,23,26H,2-11,15,17H2,1H3,(H,24,25). The van der Waals surface area contributed by atoms with Crippen LogP contribution in [0.1, 0.15) is 83.1 Å². The molecule has 2 rings (SSSR count). The second kappa shape index (κ2) is 10.6. The minimum atomic E-state index is -1.30. The minimum absolute atomic E-state index is 0.279. The number of carbonyl (C=O) groups is 1. The number of nitrogens with one attached hydrogen (secondary N) is 1. The SMILES string of the molecule is CCCCCCCCCCCCC(C(=O)O)C1(O)CNc2ccccc21. The molecule has 4 nitrogen and oxygen atoms in total. The van der Waals surface area contributed by atoms with Crippen LogP contribution in [0.15, 0.2) is 24.3 Å². The molecule has 1 aliphatic rings. The third kappa shape index (κ3) is 5.47. The highest BCUT2D eigenvalue weighted by molar-refractivity contribution is 5.74. The van der Waals surface area contributed by atoms with Crippen LogP contribution >= 0.6 is 0 Å². The van der Waals surface area contributed by atoms with Crippen LogP contribution in [0, 0.1) is 5.92 Å². The van der Waals surface area contributed by atoms with Gasteiger partial charge in [-0.15, -0.1) is 0 Å². The van der Waals surface area contributed by atoms with Gasteiger partial charge in [-0.1, -0.05) is 89.3 Å². The number of benzene rings is 1. The van der Waals surface area contributed by atoms with E-state index in [9.17, 15) is 15.0 Å². The summed E-state index contributed by atoms with van der Waals surface area (Å²) in [6.45, 7) is 2.52. The number of fused-ring (bicyclic) bond motifs is 1. The summed E-state index contributed by atoms with van der Waals surface area (Å²) in [6.07, 6.45) is 12.8. The van der Waals surface area contributed by atoms with Gasteiger partial charge in [-0.05, 0) is 12.5 Å².